The van der Waals surface area contributed by atoms with E-state index in [-0.39, 0.29) is 39.7 Å². The number of hydrogen-bond donors (Lipinski definition) is 2. The van der Waals surface area contributed by atoms with E-state index in [0.717, 1.165) is 81.1 Å². The summed E-state index contributed by atoms with van der Waals surface area (Å²) in [5, 5.41) is 26.9. The quantitative estimate of drug-likeness (QED) is 0.132. The Morgan fingerprint density at radius 1 is 0.426 bits per heavy atom. The molecule has 0 saturated carbocycles. The van der Waals surface area contributed by atoms with Gasteiger partial charge in [0.25, 0.3) is 0 Å². The minimum Gasteiger partial charge on any atom is -0.376 e. The molecule has 6 aromatic carbocycles. The van der Waals surface area contributed by atoms with Gasteiger partial charge in [0.15, 0.2) is 0 Å². The Kier molecular flexibility index (Phi) is 11.3. The van der Waals surface area contributed by atoms with E-state index >= 15 is 0 Å². The van der Waals surface area contributed by atoms with Gasteiger partial charge >= 0.3 is 0 Å². The minimum atomic E-state index is -0.169. The number of fused-ring (bicyclic) bond motifs is 2. The third kappa shape index (κ3) is 6.30. The summed E-state index contributed by atoms with van der Waals surface area (Å²) in [4.78, 5) is 4.18. The molecule has 0 spiro atoms. The van der Waals surface area contributed by atoms with Crippen molar-refractivity contribution in [2.75, 3.05) is 23.3 Å². The van der Waals surface area contributed by atoms with Gasteiger partial charge in [0.05, 0.1) is 11.4 Å². The number of aryl methyl sites for hydroxylation is 4. The molecule has 0 aromatic heterocycles. The van der Waals surface area contributed by atoms with Gasteiger partial charge in [-0.1, -0.05) is 125 Å². The van der Waals surface area contributed by atoms with Gasteiger partial charge in [-0.05, 0) is 81.6 Å². The van der Waals surface area contributed by atoms with E-state index in [4.69, 9.17) is 0 Å². The van der Waals surface area contributed by atoms with Gasteiger partial charge in [-0.25, -0.2) is 0 Å². The Balaban J connectivity index is 0.00000433. The largest absolute Gasteiger partial charge is 0.376 e. The van der Waals surface area contributed by atoms with Crippen molar-refractivity contribution in [3.8, 4) is 11.1 Å². The van der Waals surface area contributed by atoms with Crippen LogP contribution in [-0.2, 0) is 51.9 Å². The number of benzene rings is 6. The van der Waals surface area contributed by atoms with Gasteiger partial charge in [-0.15, -0.1) is 0 Å². The van der Waals surface area contributed by atoms with Crippen LogP contribution in [0, 0.1) is 0 Å². The Hall–Kier alpha value is -3.76. The molecule has 0 amide bonds. The summed E-state index contributed by atoms with van der Waals surface area (Å²) in [5.41, 5.74) is 10.9. The predicted octanol–water partition coefficient (Wildman–Crippen LogP) is 10.1. The molecule has 6 rings (SSSR count). The molecule has 0 fully saturated rings. The molecule has 4 nitrogen and oxygen atoms in total. The Morgan fingerprint density at radius 3 is 1.09 bits per heavy atom. The predicted molar refractivity (Wildman–Crippen MR) is 196 cm³/mol. The van der Waals surface area contributed by atoms with Crippen molar-refractivity contribution in [2.24, 2.45) is 0 Å². The fraction of sp³-hybridized carbons (Fsp3) is 0.238. The van der Waals surface area contributed by atoms with Gasteiger partial charge in [-0.3, -0.25) is 0 Å². The molecule has 0 heterocycles. The van der Waals surface area contributed by atoms with Gasteiger partial charge in [0.2, 0.25) is 0 Å². The van der Waals surface area contributed by atoms with Crippen molar-refractivity contribution in [1.29, 1.82) is 0 Å². The second-order valence-corrected chi connectivity index (χ2v) is 11.8. The van der Waals surface area contributed by atoms with Crippen molar-refractivity contribution < 1.29 is 36.4 Å². The van der Waals surface area contributed by atoms with Crippen LogP contribution >= 0.6 is 0 Å². The summed E-state index contributed by atoms with van der Waals surface area (Å²) in [7, 11) is 0. The normalized spacial score (nSPS) is 11.1. The van der Waals surface area contributed by atoms with Gasteiger partial charge in [0.1, 0.15) is 13.5 Å². The number of para-hydroxylation sites is 2. The zero-order valence-corrected chi connectivity index (χ0v) is 30.4. The maximum Gasteiger partial charge on any atom is 0.120 e. The molecule has 0 aliphatic carbocycles. The fourth-order valence-corrected chi connectivity index (χ4v) is 7.15. The zero-order chi connectivity index (χ0) is 32.2. The number of nitrogens with zero attached hydrogens (tertiary/aromatic N) is 2. The van der Waals surface area contributed by atoms with Crippen LogP contribution in [-0.4, -0.2) is 23.7 Å². The Morgan fingerprint density at radius 2 is 0.766 bits per heavy atom. The summed E-state index contributed by atoms with van der Waals surface area (Å²) in [5.74, 6) is 0. The number of rotatable bonds is 11. The van der Waals surface area contributed by atoms with E-state index in [1.165, 1.54) is 22.3 Å². The minimum absolute atomic E-state index is 0. The van der Waals surface area contributed by atoms with Crippen LogP contribution in [0.4, 0.5) is 22.7 Å². The van der Waals surface area contributed by atoms with Crippen LogP contribution in [0.2, 0.25) is 0 Å². The molecule has 0 radical (unpaired) electrons. The summed E-state index contributed by atoms with van der Waals surface area (Å²) in [6, 6.07) is 38.6. The molecule has 0 atom stereocenters. The summed E-state index contributed by atoms with van der Waals surface area (Å²) < 4.78 is 0. The van der Waals surface area contributed by atoms with Crippen LogP contribution in [0.25, 0.3) is 32.7 Å². The molecular formula is C42H44N2O2Zr. The maximum absolute atomic E-state index is 11.2. The van der Waals surface area contributed by atoms with Crippen LogP contribution < -0.4 is 9.80 Å². The van der Waals surface area contributed by atoms with Crippen LogP contribution in [0.1, 0.15) is 49.9 Å². The molecule has 0 bridgehead atoms. The summed E-state index contributed by atoms with van der Waals surface area (Å²) >= 11 is 0. The third-order valence-electron chi connectivity index (χ3n) is 9.40. The van der Waals surface area contributed by atoms with E-state index in [1.807, 2.05) is 0 Å². The van der Waals surface area contributed by atoms with Gasteiger partial charge < -0.3 is 20.0 Å². The average Bonchev–Trinajstić information content (AvgIpc) is 3.12. The molecule has 0 saturated heterocycles. The van der Waals surface area contributed by atoms with E-state index in [9.17, 15) is 10.2 Å². The standard InChI is InChI=1S/C42H44N2O2.Zr/c1-5-29-17-13-18-30(6-2)41(29)43(27-45)37-25-23-33-15-9-11-21-35(33)39(37)40-36-22-12-10-16-34(36)24-26-38(40)44(28-46)42-31(7-3)19-14-20-32(42)8-4;/h9-26,45-46H,5-8,27-28H2,1-4H3;. The maximum atomic E-state index is 11.2. The van der Waals surface area contributed by atoms with Gasteiger partial charge in [0, 0.05) is 48.7 Å². The number of aliphatic hydroxyl groups excluding tert-OH is 2. The monoisotopic (exact) mass is 698 g/mol. The molecular weight excluding hydrogens is 656 g/mol. The molecule has 0 aliphatic heterocycles. The van der Waals surface area contributed by atoms with Crippen molar-refractivity contribution in [1.82, 2.24) is 0 Å². The van der Waals surface area contributed by atoms with Crippen molar-refractivity contribution in [3.63, 3.8) is 0 Å². The first-order chi connectivity index (χ1) is 22.6. The number of anilines is 4. The molecule has 5 heteroatoms. The number of aliphatic hydroxyl groups is 2. The SMILES string of the molecule is CCc1cccc(CC)c1N(CO)c1ccc2ccccc2c1-c1c(N(CO)c2c(CC)cccc2CC)ccc2ccccc12.[Zr]. The second kappa shape index (κ2) is 15.4. The zero-order valence-electron chi connectivity index (χ0n) is 27.9. The molecule has 6 aromatic rings. The van der Waals surface area contributed by atoms with Crippen molar-refractivity contribution >= 4 is 44.3 Å². The number of hydrogen-bond acceptors (Lipinski definition) is 4. The van der Waals surface area contributed by atoms with Crippen molar-refractivity contribution in [2.45, 2.75) is 53.4 Å². The van der Waals surface area contributed by atoms with Crippen molar-refractivity contribution in [3.05, 3.63) is 131 Å². The van der Waals surface area contributed by atoms with Crippen LogP contribution in [0.3, 0.4) is 0 Å². The van der Waals surface area contributed by atoms with E-state index < -0.39 is 0 Å². The van der Waals surface area contributed by atoms with E-state index in [1.54, 1.807) is 0 Å². The smallest absolute Gasteiger partial charge is 0.120 e. The molecule has 47 heavy (non-hydrogen) atoms. The molecule has 0 unspecified atom stereocenters. The molecule has 0 aliphatic rings. The summed E-state index contributed by atoms with van der Waals surface area (Å²) in [6.07, 6.45) is 3.42. The first kappa shape index (κ1) is 34.6. The first-order valence-corrected chi connectivity index (χ1v) is 16.6. The Bertz CT molecular complexity index is 1810. The van der Waals surface area contributed by atoms with Crippen LogP contribution in [0.5, 0.6) is 0 Å². The molecule has 2 N–H and O–H groups in total. The summed E-state index contributed by atoms with van der Waals surface area (Å²) in [6.45, 7) is 8.36. The molecule has 238 valence electrons. The fourth-order valence-electron chi connectivity index (χ4n) is 7.15. The topological polar surface area (TPSA) is 46.9 Å². The van der Waals surface area contributed by atoms with E-state index in [0.29, 0.717) is 0 Å². The van der Waals surface area contributed by atoms with Gasteiger partial charge in [-0.2, -0.15) is 0 Å². The average molecular weight is 700 g/mol. The Labute approximate surface area is 298 Å². The third-order valence-corrected chi connectivity index (χ3v) is 9.40. The van der Waals surface area contributed by atoms with Crippen LogP contribution in [0.15, 0.2) is 109 Å². The second-order valence-electron chi connectivity index (χ2n) is 11.8. The van der Waals surface area contributed by atoms with E-state index in [2.05, 4.69) is 147 Å². The first-order valence-electron chi connectivity index (χ1n) is 16.6.